The van der Waals surface area contributed by atoms with E-state index < -0.39 is 5.82 Å². The van der Waals surface area contributed by atoms with Crippen molar-refractivity contribution in [3.05, 3.63) is 72.7 Å². The molecule has 0 radical (unpaired) electrons. The lowest BCUT2D eigenvalue weighted by molar-refractivity contribution is -0.128. The Morgan fingerprint density at radius 3 is 2.66 bits per heavy atom. The second kappa shape index (κ2) is 10.4. The fourth-order valence-electron chi connectivity index (χ4n) is 6.19. The number of hydrogen-bond donors (Lipinski definition) is 1. The van der Waals surface area contributed by atoms with Crippen molar-refractivity contribution in [2.45, 2.75) is 39.0 Å². The number of nitrogens with zero attached hydrogens (tertiary/aromatic N) is 6. The van der Waals surface area contributed by atoms with E-state index in [1.165, 1.54) is 24.0 Å². The fourth-order valence-corrected chi connectivity index (χ4v) is 6.19. The molecule has 0 atom stereocenters. The number of ether oxygens (including phenoxy) is 1. The maximum Gasteiger partial charge on any atom is 0.322 e. The van der Waals surface area contributed by atoms with Gasteiger partial charge in [0.1, 0.15) is 17.8 Å². The first-order valence-electron chi connectivity index (χ1n) is 13.8. The molecular weight excluding hydrogens is 521 g/mol. The second-order valence-corrected chi connectivity index (χ2v) is 10.9. The number of carbonyl (C=O) groups is 1. The minimum absolute atomic E-state index is 0.000732. The summed E-state index contributed by atoms with van der Waals surface area (Å²) in [6.45, 7) is 6.94. The summed E-state index contributed by atoms with van der Waals surface area (Å²) in [7, 11) is 1.96. The predicted octanol–water partition coefficient (Wildman–Crippen LogP) is 5.61. The highest BCUT2D eigenvalue weighted by atomic mass is 19.1. The van der Waals surface area contributed by atoms with E-state index in [1.807, 2.05) is 29.5 Å². The van der Waals surface area contributed by atoms with Gasteiger partial charge in [0.2, 0.25) is 5.91 Å². The van der Waals surface area contributed by atoms with Gasteiger partial charge in [-0.15, -0.1) is 0 Å². The zero-order valence-corrected chi connectivity index (χ0v) is 23.2. The number of likely N-dealkylation sites (tertiary alicyclic amines) is 1. The molecular formula is C31H32FN7O2. The SMILES string of the molecule is C=CC(=O)N1CCC2(CC=C(c3c(-c4ccc(Oc5nccc(C)n5)c(F)c4)c4c(N)ncnc4n3C)CC2)CC1. The van der Waals surface area contributed by atoms with E-state index >= 15 is 4.39 Å². The highest BCUT2D eigenvalue weighted by Gasteiger charge is 2.37. The van der Waals surface area contributed by atoms with Gasteiger partial charge in [0.05, 0.1) is 11.1 Å². The Hall–Kier alpha value is -4.60. The number of carbonyl (C=O) groups excluding carboxylic acids is 1. The minimum atomic E-state index is -0.539. The predicted molar refractivity (Wildman–Crippen MR) is 155 cm³/mol. The average molecular weight is 554 g/mol. The number of nitrogens with two attached hydrogens (primary N) is 1. The van der Waals surface area contributed by atoms with E-state index in [-0.39, 0.29) is 23.1 Å². The lowest BCUT2D eigenvalue weighted by Gasteiger charge is -2.43. The van der Waals surface area contributed by atoms with E-state index in [1.54, 1.807) is 18.3 Å². The van der Waals surface area contributed by atoms with Gasteiger partial charge in [-0.05, 0) is 79.9 Å². The van der Waals surface area contributed by atoms with Crippen LogP contribution >= 0.6 is 0 Å². The molecule has 1 fully saturated rings. The number of halogens is 1. The largest absolute Gasteiger partial charge is 0.421 e. The number of anilines is 1. The van der Waals surface area contributed by atoms with E-state index in [0.29, 0.717) is 22.4 Å². The van der Waals surface area contributed by atoms with Gasteiger partial charge >= 0.3 is 6.01 Å². The van der Waals surface area contributed by atoms with Gasteiger partial charge in [-0.1, -0.05) is 18.7 Å². The molecule has 1 aliphatic heterocycles. The number of nitrogen functional groups attached to an aromatic ring is 1. The number of aryl methyl sites for hydroxylation is 2. The molecule has 9 nitrogen and oxygen atoms in total. The topological polar surface area (TPSA) is 112 Å². The summed E-state index contributed by atoms with van der Waals surface area (Å²) in [5.41, 5.74) is 11.6. The first kappa shape index (κ1) is 26.6. The van der Waals surface area contributed by atoms with Crippen molar-refractivity contribution in [1.82, 2.24) is 29.4 Å². The third kappa shape index (κ3) is 4.83. The summed E-state index contributed by atoms with van der Waals surface area (Å²) < 4.78 is 23.1. The molecule has 0 saturated carbocycles. The first-order chi connectivity index (χ1) is 19.8. The number of aromatic nitrogens is 5. The van der Waals surface area contributed by atoms with Crippen LogP contribution in [0.25, 0.3) is 27.7 Å². The molecule has 41 heavy (non-hydrogen) atoms. The van der Waals surface area contributed by atoms with Crippen molar-refractivity contribution in [3.8, 4) is 22.9 Å². The summed E-state index contributed by atoms with van der Waals surface area (Å²) in [4.78, 5) is 31.0. The molecule has 0 bridgehead atoms. The van der Waals surface area contributed by atoms with Crippen LogP contribution in [0.1, 0.15) is 43.5 Å². The number of hydrogen-bond acceptors (Lipinski definition) is 7. The lowest BCUT2D eigenvalue weighted by atomic mass is 9.68. The van der Waals surface area contributed by atoms with E-state index in [4.69, 9.17) is 10.5 Å². The lowest BCUT2D eigenvalue weighted by Crippen LogP contribution is -2.43. The molecule has 6 rings (SSSR count). The van der Waals surface area contributed by atoms with Gasteiger partial charge in [0.15, 0.2) is 11.6 Å². The number of allylic oxidation sites excluding steroid dienone is 2. The molecule has 2 N–H and O–H groups in total. The molecule has 4 aromatic rings. The Bertz CT molecular complexity index is 1700. The van der Waals surface area contributed by atoms with Crippen LogP contribution in [0.4, 0.5) is 10.2 Å². The van der Waals surface area contributed by atoms with Gasteiger partial charge in [0.25, 0.3) is 0 Å². The monoisotopic (exact) mass is 553 g/mol. The highest BCUT2D eigenvalue weighted by molar-refractivity contribution is 6.06. The first-order valence-corrected chi connectivity index (χ1v) is 13.8. The normalized spacial score (nSPS) is 16.6. The van der Waals surface area contributed by atoms with Crippen LogP contribution in [0.3, 0.4) is 0 Å². The quantitative estimate of drug-likeness (QED) is 0.320. The maximum absolute atomic E-state index is 15.5. The zero-order chi connectivity index (χ0) is 28.7. The number of rotatable bonds is 5. The Kier molecular flexibility index (Phi) is 6.76. The fraction of sp³-hybridized carbons (Fsp3) is 0.323. The van der Waals surface area contributed by atoms with Gasteiger partial charge in [-0.3, -0.25) is 4.79 Å². The van der Waals surface area contributed by atoms with Crippen molar-refractivity contribution < 1.29 is 13.9 Å². The third-order valence-electron chi connectivity index (χ3n) is 8.51. The number of fused-ring (bicyclic) bond motifs is 1. The van der Waals surface area contributed by atoms with Crippen molar-refractivity contribution in [1.29, 1.82) is 0 Å². The molecule has 1 saturated heterocycles. The van der Waals surface area contributed by atoms with Gasteiger partial charge in [-0.2, -0.15) is 0 Å². The molecule has 1 amide bonds. The van der Waals surface area contributed by atoms with Crippen LogP contribution in [-0.4, -0.2) is 48.4 Å². The Labute approximate surface area is 237 Å². The summed E-state index contributed by atoms with van der Waals surface area (Å²) in [6, 6.07) is 6.68. The van der Waals surface area contributed by atoms with Crippen LogP contribution in [0.15, 0.2) is 55.5 Å². The van der Waals surface area contributed by atoms with Crippen LogP contribution in [-0.2, 0) is 11.8 Å². The van der Waals surface area contributed by atoms with E-state index in [0.717, 1.165) is 62.1 Å². The summed E-state index contributed by atoms with van der Waals surface area (Å²) >= 11 is 0. The van der Waals surface area contributed by atoms with Gasteiger partial charge in [0, 0.05) is 37.6 Å². The Balaban J connectivity index is 1.36. The summed E-state index contributed by atoms with van der Waals surface area (Å²) in [6.07, 6.45) is 11.4. The van der Waals surface area contributed by atoms with Crippen LogP contribution < -0.4 is 10.5 Å². The second-order valence-electron chi connectivity index (χ2n) is 10.9. The Morgan fingerprint density at radius 1 is 1.17 bits per heavy atom. The molecule has 4 heterocycles. The van der Waals surface area contributed by atoms with E-state index in [2.05, 4.69) is 32.6 Å². The van der Waals surface area contributed by atoms with Crippen LogP contribution in [0.2, 0.25) is 0 Å². The molecule has 2 aliphatic rings. The van der Waals surface area contributed by atoms with Crippen molar-refractivity contribution in [2.75, 3.05) is 18.8 Å². The Morgan fingerprint density at radius 2 is 1.98 bits per heavy atom. The zero-order valence-electron chi connectivity index (χ0n) is 23.2. The van der Waals surface area contributed by atoms with Crippen molar-refractivity contribution >= 4 is 28.3 Å². The van der Waals surface area contributed by atoms with Gasteiger partial charge < -0.3 is 19.9 Å². The molecule has 3 aromatic heterocycles. The summed E-state index contributed by atoms with van der Waals surface area (Å²) in [5.74, 6) is -0.164. The molecule has 10 heteroatoms. The molecule has 210 valence electrons. The van der Waals surface area contributed by atoms with E-state index in [9.17, 15) is 4.79 Å². The van der Waals surface area contributed by atoms with Crippen LogP contribution in [0, 0.1) is 18.2 Å². The third-order valence-corrected chi connectivity index (χ3v) is 8.51. The minimum Gasteiger partial charge on any atom is -0.421 e. The molecule has 1 spiro atoms. The van der Waals surface area contributed by atoms with Gasteiger partial charge in [-0.25, -0.2) is 24.3 Å². The average Bonchev–Trinajstić information content (AvgIpc) is 3.28. The standard InChI is InChI=1S/C31H32FN7O2/c1-4-24(40)39-15-12-31(13-16-39)10-7-20(8-11-31)27-25(26-28(33)35-18-36-29(26)38(27)3)21-5-6-23(22(32)17-21)41-30-34-14-9-19(2)37-30/h4-7,9,14,17-18H,1,8,10-13,15-16H2,2-3H3,(H2,33,35,36). The van der Waals surface area contributed by atoms with Crippen molar-refractivity contribution in [2.24, 2.45) is 12.5 Å². The number of piperidine rings is 1. The molecule has 0 unspecified atom stereocenters. The highest BCUT2D eigenvalue weighted by Crippen LogP contribution is 2.49. The molecule has 1 aliphatic carbocycles. The van der Waals surface area contributed by atoms with Crippen molar-refractivity contribution in [3.63, 3.8) is 0 Å². The maximum atomic E-state index is 15.5. The smallest absolute Gasteiger partial charge is 0.322 e. The number of amides is 1. The summed E-state index contributed by atoms with van der Waals surface area (Å²) in [5, 5.41) is 0.692. The molecule has 1 aromatic carbocycles. The number of benzene rings is 1. The van der Waals surface area contributed by atoms with Crippen LogP contribution in [0.5, 0.6) is 11.8 Å².